The average molecular weight is 635 g/mol. The Morgan fingerprint density at radius 3 is 2.55 bits per heavy atom. The third-order valence-corrected chi connectivity index (χ3v) is 10.7. The molecule has 4 atom stereocenters. The quantitative estimate of drug-likeness (QED) is 0.392. The predicted molar refractivity (Wildman–Crippen MR) is 155 cm³/mol. The van der Waals surface area contributed by atoms with Crippen molar-refractivity contribution in [2.75, 3.05) is 44.0 Å². The van der Waals surface area contributed by atoms with Crippen LogP contribution in [0.4, 0.5) is 24.7 Å². The van der Waals surface area contributed by atoms with Gasteiger partial charge in [-0.15, -0.1) is 0 Å². The predicted octanol–water partition coefficient (Wildman–Crippen LogP) is 4.36. The molecule has 6 aliphatic rings. The fourth-order valence-electron chi connectivity index (χ4n) is 8.46. The molecule has 10 nitrogen and oxygen atoms in total. The van der Waals surface area contributed by atoms with Crippen LogP contribution in [0.15, 0.2) is 24.5 Å². The first-order chi connectivity index (χ1) is 21.0. The first kappa shape index (κ1) is 29.5. The van der Waals surface area contributed by atoms with Crippen molar-refractivity contribution in [1.29, 1.82) is 0 Å². The van der Waals surface area contributed by atoms with Gasteiger partial charge < -0.3 is 25.4 Å². The van der Waals surface area contributed by atoms with Gasteiger partial charge >= 0.3 is 6.18 Å². The SMILES string of the molecule is COc1ncnc(NC23CC(N4CCOCC4)(C2)C3)c1C(=O)N[C@@H]1[C@H]2CC[C@H](C2)[C@@H]1C(=O)Nc1ccc(Cl)c(C(F)(F)F)c1. The van der Waals surface area contributed by atoms with Gasteiger partial charge in [-0.1, -0.05) is 11.6 Å². The second kappa shape index (κ2) is 10.7. The van der Waals surface area contributed by atoms with Gasteiger partial charge in [0.25, 0.3) is 5.91 Å². The van der Waals surface area contributed by atoms with Crippen LogP contribution in [-0.4, -0.2) is 77.2 Å². The van der Waals surface area contributed by atoms with Crippen LogP contribution in [0, 0.1) is 17.8 Å². The lowest BCUT2D eigenvalue weighted by atomic mass is 9.43. The summed E-state index contributed by atoms with van der Waals surface area (Å²) in [7, 11) is 1.44. The number of halogens is 4. The van der Waals surface area contributed by atoms with E-state index < -0.39 is 40.5 Å². The summed E-state index contributed by atoms with van der Waals surface area (Å²) in [5.41, 5.74) is -0.835. The lowest BCUT2D eigenvalue weighted by Crippen LogP contribution is -2.82. The summed E-state index contributed by atoms with van der Waals surface area (Å²) in [4.78, 5) is 38.5. The number of nitrogens with zero attached hydrogens (tertiary/aromatic N) is 3. The maximum absolute atomic E-state index is 13.9. The highest BCUT2D eigenvalue weighted by Crippen LogP contribution is 2.65. The van der Waals surface area contributed by atoms with Gasteiger partial charge in [-0.3, -0.25) is 14.5 Å². The Labute approximate surface area is 257 Å². The highest BCUT2D eigenvalue weighted by Gasteiger charge is 2.70. The maximum atomic E-state index is 13.9. The fraction of sp³-hybridized carbons (Fsp3) is 0.600. The molecular weight excluding hydrogens is 601 g/mol. The van der Waals surface area contributed by atoms with E-state index >= 15 is 0 Å². The summed E-state index contributed by atoms with van der Waals surface area (Å²) in [6, 6.07) is 2.78. The number of methoxy groups -OCH3 is 1. The third-order valence-electron chi connectivity index (χ3n) is 10.4. The van der Waals surface area contributed by atoms with Crippen molar-refractivity contribution >= 4 is 34.9 Å². The number of carbonyl (C=O) groups is 2. The smallest absolute Gasteiger partial charge is 0.417 e. The molecule has 0 unspecified atom stereocenters. The van der Waals surface area contributed by atoms with Gasteiger partial charge in [0.2, 0.25) is 11.8 Å². The molecule has 5 saturated carbocycles. The number of hydrogen-bond donors (Lipinski definition) is 3. The van der Waals surface area contributed by atoms with E-state index in [1.807, 2.05) is 0 Å². The van der Waals surface area contributed by atoms with Crippen LogP contribution in [0.3, 0.4) is 0 Å². The summed E-state index contributed by atoms with van der Waals surface area (Å²) in [5.74, 6) is -0.928. The maximum Gasteiger partial charge on any atom is 0.417 e. The normalized spacial score (nSPS) is 32.4. The molecule has 14 heteroatoms. The van der Waals surface area contributed by atoms with Gasteiger partial charge in [-0.05, 0) is 68.6 Å². The number of fused-ring (bicyclic) bond motifs is 2. The molecule has 0 radical (unpaired) electrons. The zero-order chi connectivity index (χ0) is 30.9. The monoisotopic (exact) mass is 634 g/mol. The largest absolute Gasteiger partial charge is 0.480 e. The van der Waals surface area contributed by atoms with Crippen LogP contribution in [-0.2, 0) is 15.7 Å². The molecule has 44 heavy (non-hydrogen) atoms. The molecule has 2 heterocycles. The molecule has 1 aliphatic heterocycles. The minimum absolute atomic E-state index is 0.00222. The van der Waals surface area contributed by atoms with Gasteiger partial charge in [0, 0.05) is 35.9 Å². The van der Waals surface area contributed by atoms with Crippen molar-refractivity contribution in [1.82, 2.24) is 20.2 Å². The van der Waals surface area contributed by atoms with Crippen molar-refractivity contribution in [2.45, 2.75) is 61.8 Å². The summed E-state index contributed by atoms with van der Waals surface area (Å²) in [5, 5.41) is 8.80. The van der Waals surface area contributed by atoms with E-state index in [1.54, 1.807) is 0 Å². The zero-order valence-corrected chi connectivity index (χ0v) is 24.9. The Bertz CT molecular complexity index is 1470. The molecule has 1 aromatic carbocycles. The lowest BCUT2D eigenvalue weighted by Gasteiger charge is -2.74. The topological polar surface area (TPSA) is 118 Å². The van der Waals surface area contributed by atoms with Gasteiger partial charge in [-0.2, -0.15) is 13.2 Å². The molecule has 4 bridgehead atoms. The van der Waals surface area contributed by atoms with Crippen LogP contribution in [0.2, 0.25) is 5.02 Å². The highest BCUT2D eigenvalue weighted by molar-refractivity contribution is 6.31. The molecular formula is C30H34ClF3N6O4. The number of anilines is 2. The van der Waals surface area contributed by atoms with Crippen LogP contribution < -0.4 is 20.7 Å². The number of amides is 2. The minimum Gasteiger partial charge on any atom is -0.480 e. The average Bonchev–Trinajstić information content (AvgIpc) is 3.57. The number of rotatable bonds is 8. The molecule has 1 aromatic heterocycles. The van der Waals surface area contributed by atoms with Gasteiger partial charge in [0.1, 0.15) is 17.7 Å². The summed E-state index contributed by atoms with van der Waals surface area (Å²) in [6.07, 6.45) is 1.94. The standard InChI is InChI=1S/C30H34ClF3N6O4/c1-43-27-22(24(35-15-36-27)39-28-12-29(13-28,14-28)40-6-8-44-9-7-40)26(42)38-23-17-3-2-16(10-17)21(23)25(41)37-18-4-5-20(31)19(11-18)30(32,33)34/h4-5,11,15-17,21,23H,2-3,6-10,12-14H2,1H3,(H,37,41)(H,38,42)(H,35,36,39)/t16-,17+,21+,23-,28?,29?/m1/s1. The Hall–Kier alpha value is -3.16. The van der Waals surface area contributed by atoms with E-state index in [1.165, 1.54) is 19.5 Å². The van der Waals surface area contributed by atoms with Crippen LogP contribution in [0.5, 0.6) is 5.88 Å². The second-order valence-electron chi connectivity index (χ2n) is 12.9. The van der Waals surface area contributed by atoms with Crippen molar-refractivity contribution in [2.24, 2.45) is 17.8 Å². The van der Waals surface area contributed by atoms with Gasteiger partial charge in [-0.25, -0.2) is 9.97 Å². The van der Waals surface area contributed by atoms with Crippen molar-refractivity contribution in [3.8, 4) is 5.88 Å². The number of carbonyl (C=O) groups excluding carboxylic acids is 2. The minimum atomic E-state index is -4.66. The van der Waals surface area contributed by atoms with E-state index in [9.17, 15) is 22.8 Å². The van der Waals surface area contributed by atoms with Gasteiger partial charge in [0.05, 0.1) is 36.8 Å². The first-order valence-corrected chi connectivity index (χ1v) is 15.4. The Morgan fingerprint density at radius 2 is 1.84 bits per heavy atom. The van der Waals surface area contributed by atoms with E-state index in [0.717, 1.165) is 77.0 Å². The van der Waals surface area contributed by atoms with E-state index in [4.69, 9.17) is 21.1 Å². The summed E-state index contributed by atoms with van der Waals surface area (Å²) < 4.78 is 51.2. The van der Waals surface area contributed by atoms with Crippen molar-refractivity contribution < 1.29 is 32.2 Å². The van der Waals surface area contributed by atoms with Crippen molar-refractivity contribution in [3.05, 3.63) is 40.7 Å². The number of morpholine rings is 1. The molecule has 236 valence electrons. The molecule has 1 saturated heterocycles. The fourth-order valence-corrected chi connectivity index (χ4v) is 8.69. The molecule has 5 aliphatic carbocycles. The molecule has 2 aromatic rings. The van der Waals surface area contributed by atoms with E-state index in [-0.39, 0.29) is 40.0 Å². The van der Waals surface area contributed by atoms with Crippen molar-refractivity contribution in [3.63, 3.8) is 0 Å². The number of hydrogen-bond acceptors (Lipinski definition) is 8. The molecule has 0 spiro atoms. The molecule has 2 amide bonds. The first-order valence-electron chi connectivity index (χ1n) is 15.0. The number of nitrogens with one attached hydrogen (secondary N) is 3. The van der Waals surface area contributed by atoms with E-state index in [0.29, 0.717) is 5.82 Å². The van der Waals surface area contributed by atoms with Crippen LogP contribution in [0.25, 0.3) is 0 Å². The Balaban J connectivity index is 1.07. The third kappa shape index (κ3) is 4.96. The Morgan fingerprint density at radius 1 is 1.11 bits per heavy atom. The lowest BCUT2D eigenvalue weighted by molar-refractivity contribution is -0.172. The molecule has 6 fully saturated rings. The number of benzene rings is 1. The van der Waals surface area contributed by atoms with E-state index in [2.05, 4.69) is 30.8 Å². The zero-order valence-electron chi connectivity index (χ0n) is 24.2. The summed E-state index contributed by atoms with van der Waals surface area (Å²) >= 11 is 5.76. The molecule has 8 rings (SSSR count). The van der Waals surface area contributed by atoms with Gasteiger partial charge in [0.15, 0.2) is 0 Å². The summed E-state index contributed by atoms with van der Waals surface area (Å²) in [6.45, 7) is 3.33. The second-order valence-corrected chi connectivity index (χ2v) is 13.3. The van der Waals surface area contributed by atoms with Crippen LogP contribution in [0.1, 0.15) is 54.4 Å². The number of alkyl halides is 3. The Kier molecular flexibility index (Phi) is 7.21. The van der Waals surface area contributed by atoms with Crippen LogP contribution >= 0.6 is 11.6 Å². The highest BCUT2D eigenvalue weighted by atomic mass is 35.5. The molecule has 3 N–H and O–H groups in total. The number of aromatic nitrogens is 2. The number of ether oxygens (including phenoxy) is 2.